The Bertz CT molecular complexity index is 1600. The molecule has 0 aliphatic rings. The van der Waals surface area contributed by atoms with E-state index in [1.807, 2.05) is 30.3 Å². The van der Waals surface area contributed by atoms with Crippen molar-refractivity contribution in [2.45, 2.75) is 0 Å². The minimum Gasteiger partial charge on any atom is -0.493 e. The van der Waals surface area contributed by atoms with Gasteiger partial charge in [0.1, 0.15) is 11.6 Å². The number of aromatic nitrogens is 2. The Morgan fingerprint density at radius 2 is 1.69 bits per heavy atom. The van der Waals surface area contributed by atoms with Crippen LogP contribution < -0.4 is 14.8 Å². The monoisotopic (exact) mass is 503 g/mol. The SMILES string of the molecule is COc1ccc(-c2cc(C(=O)Nc3nc(-c4ccc(F)cc4F)cs3)c3ccccc3n2)cc1OC. The van der Waals surface area contributed by atoms with E-state index in [1.54, 1.807) is 37.8 Å². The number of ether oxygens (including phenoxy) is 2. The van der Waals surface area contributed by atoms with Crippen molar-refractivity contribution in [1.82, 2.24) is 9.97 Å². The molecule has 5 aromatic rings. The first kappa shape index (κ1) is 23.4. The molecule has 2 heterocycles. The number of amides is 1. The lowest BCUT2D eigenvalue weighted by Crippen LogP contribution is -2.13. The Morgan fingerprint density at radius 3 is 2.47 bits per heavy atom. The maximum Gasteiger partial charge on any atom is 0.258 e. The Balaban J connectivity index is 1.51. The lowest BCUT2D eigenvalue weighted by Gasteiger charge is -2.12. The molecule has 1 amide bonds. The van der Waals surface area contributed by atoms with Gasteiger partial charge in [0.05, 0.1) is 36.7 Å². The van der Waals surface area contributed by atoms with E-state index < -0.39 is 17.5 Å². The van der Waals surface area contributed by atoms with Gasteiger partial charge in [0.25, 0.3) is 5.91 Å². The van der Waals surface area contributed by atoms with E-state index in [-0.39, 0.29) is 10.7 Å². The molecular weight excluding hydrogens is 484 g/mol. The number of hydrogen-bond acceptors (Lipinski definition) is 6. The number of rotatable bonds is 6. The van der Waals surface area contributed by atoms with E-state index >= 15 is 0 Å². The molecule has 3 aromatic carbocycles. The maximum atomic E-state index is 14.2. The van der Waals surface area contributed by atoms with Crippen LogP contribution in [0, 0.1) is 11.6 Å². The summed E-state index contributed by atoms with van der Waals surface area (Å²) in [5.41, 5.74) is 2.82. The van der Waals surface area contributed by atoms with Gasteiger partial charge in [0, 0.05) is 28.0 Å². The number of nitrogens with zero attached hydrogens (tertiary/aromatic N) is 2. The molecular formula is C27H19F2N3O3S. The highest BCUT2D eigenvalue weighted by atomic mass is 32.1. The van der Waals surface area contributed by atoms with Crippen LogP contribution in [-0.2, 0) is 0 Å². The normalized spacial score (nSPS) is 10.9. The quantitative estimate of drug-likeness (QED) is 0.284. The standard InChI is InChI=1S/C27H19F2N3O3S/c1-34-24-10-7-15(11-25(24)35-2)22-13-19(17-5-3-4-6-21(17)30-22)26(33)32-27-31-23(14-36-27)18-9-8-16(28)12-20(18)29/h3-14H,1-2H3,(H,31,32,33). The molecule has 0 saturated carbocycles. The minimum absolute atomic E-state index is 0.151. The van der Waals surface area contributed by atoms with Crippen molar-refractivity contribution in [2.75, 3.05) is 19.5 Å². The molecule has 0 aliphatic carbocycles. The van der Waals surface area contributed by atoms with Crippen LogP contribution in [-0.4, -0.2) is 30.1 Å². The van der Waals surface area contributed by atoms with Crippen LogP contribution in [0.5, 0.6) is 11.5 Å². The van der Waals surface area contributed by atoms with Crippen molar-refractivity contribution in [3.05, 3.63) is 89.3 Å². The van der Waals surface area contributed by atoms with Gasteiger partial charge in [-0.1, -0.05) is 18.2 Å². The smallest absolute Gasteiger partial charge is 0.258 e. The number of carbonyl (C=O) groups is 1. The third-order valence-corrected chi connectivity index (χ3v) is 6.33. The van der Waals surface area contributed by atoms with Crippen molar-refractivity contribution in [3.63, 3.8) is 0 Å². The van der Waals surface area contributed by atoms with Crippen LogP contribution in [0.3, 0.4) is 0 Å². The highest BCUT2D eigenvalue weighted by Crippen LogP contribution is 2.34. The molecule has 0 saturated heterocycles. The molecule has 0 atom stereocenters. The molecule has 9 heteroatoms. The Hall–Kier alpha value is -4.37. The van der Waals surface area contributed by atoms with Crippen LogP contribution in [0.4, 0.5) is 13.9 Å². The number of benzene rings is 3. The molecule has 0 radical (unpaired) electrons. The van der Waals surface area contributed by atoms with Crippen molar-refractivity contribution in [2.24, 2.45) is 0 Å². The van der Waals surface area contributed by atoms with Gasteiger partial charge in [-0.3, -0.25) is 10.1 Å². The summed E-state index contributed by atoms with van der Waals surface area (Å²) in [5.74, 6) is -0.667. The number of halogens is 2. The summed E-state index contributed by atoms with van der Waals surface area (Å²) in [4.78, 5) is 22.4. The number of fused-ring (bicyclic) bond motifs is 1. The summed E-state index contributed by atoms with van der Waals surface area (Å²) in [5, 5.41) is 5.34. The van der Waals surface area contributed by atoms with Gasteiger partial charge in [-0.25, -0.2) is 18.7 Å². The molecule has 0 fully saturated rings. The Morgan fingerprint density at radius 1 is 0.889 bits per heavy atom. The lowest BCUT2D eigenvalue weighted by molar-refractivity contribution is 0.102. The van der Waals surface area contributed by atoms with E-state index in [0.717, 1.165) is 29.0 Å². The topological polar surface area (TPSA) is 73.3 Å². The molecule has 0 aliphatic heterocycles. The first-order valence-electron chi connectivity index (χ1n) is 10.8. The van der Waals surface area contributed by atoms with Gasteiger partial charge >= 0.3 is 0 Å². The maximum absolute atomic E-state index is 14.2. The molecule has 0 spiro atoms. The summed E-state index contributed by atoms with van der Waals surface area (Å²) in [6.07, 6.45) is 0. The highest BCUT2D eigenvalue weighted by Gasteiger charge is 2.17. The molecule has 6 nitrogen and oxygen atoms in total. The van der Waals surface area contributed by atoms with E-state index in [9.17, 15) is 13.6 Å². The van der Waals surface area contributed by atoms with E-state index in [1.165, 1.54) is 6.07 Å². The second-order valence-corrected chi connectivity index (χ2v) is 8.62. The third kappa shape index (κ3) is 4.48. The molecule has 0 unspecified atom stereocenters. The summed E-state index contributed by atoms with van der Waals surface area (Å²) in [6.45, 7) is 0. The fraction of sp³-hybridized carbons (Fsp3) is 0.0741. The number of anilines is 1. The van der Waals surface area contributed by atoms with E-state index in [0.29, 0.717) is 39.4 Å². The molecule has 2 aromatic heterocycles. The number of methoxy groups -OCH3 is 2. The van der Waals surface area contributed by atoms with Crippen LogP contribution >= 0.6 is 11.3 Å². The second-order valence-electron chi connectivity index (χ2n) is 7.76. The molecule has 1 N–H and O–H groups in total. The number of pyridine rings is 1. The number of thiazole rings is 1. The van der Waals surface area contributed by atoms with Gasteiger partial charge < -0.3 is 9.47 Å². The predicted molar refractivity (Wildman–Crippen MR) is 136 cm³/mol. The third-order valence-electron chi connectivity index (χ3n) is 5.57. The largest absolute Gasteiger partial charge is 0.493 e. The predicted octanol–water partition coefficient (Wildman–Crippen LogP) is 6.57. The summed E-state index contributed by atoms with van der Waals surface area (Å²) in [6, 6.07) is 17.7. The van der Waals surface area contributed by atoms with Gasteiger partial charge in [-0.05, 0) is 42.5 Å². The number of para-hydroxylation sites is 1. The summed E-state index contributed by atoms with van der Waals surface area (Å²) >= 11 is 1.15. The zero-order valence-corrected chi connectivity index (χ0v) is 20.0. The molecule has 0 bridgehead atoms. The summed E-state index contributed by atoms with van der Waals surface area (Å²) in [7, 11) is 3.11. The lowest BCUT2D eigenvalue weighted by atomic mass is 10.0. The van der Waals surface area contributed by atoms with Crippen LogP contribution in [0.2, 0.25) is 0 Å². The van der Waals surface area contributed by atoms with Crippen molar-refractivity contribution in [3.8, 4) is 34.0 Å². The fourth-order valence-electron chi connectivity index (χ4n) is 3.82. The van der Waals surface area contributed by atoms with Gasteiger partial charge in [0.15, 0.2) is 16.6 Å². The van der Waals surface area contributed by atoms with Gasteiger partial charge in [0.2, 0.25) is 0 Å². The van der Waals surface area contributed by atoms with Gasteiger partial charge in [-0.2, -0.15) is 0 Å². The first-order chi connectivity index (χ1) is 17.5. The number of carbonyl (C=O) groups excluding carboxylic acids is 1. The first-order valence-corrected chi connectivity index (χ1v) is 11.7. The molecule has 5 rings (SSSR count). The molecule has 180 valence electrons. The fourth-order valence-corrected chi connectivity index (χ4v) is 4.53. The van der Waals surface area contributed by atoms with Crippen molar-refractivity contribution >= 4 is 33.3 Å². The number of hydrogen-bond donors (Lipinski definition) is 1. The Labute approximate surface area is 209 Å². The average molecular weight is 504 g/mol. The minimum atomic E-state index is -0.724. The van der Waals surface area contributed by atoms with Crippen LogP contribution in [0.25, 0.3) is 33.4 Å². The van der Waals surface area contributed by atoms with Crippen LogP contribution in [0.1, 0.15) is 10.4 Å². The summed E-state index contributed by atoms with van der Waals surface area (Å²) < 4.78 is 38.2. The van der Waals surface area contributed by atoms with Crippen LogP contribution in [0.15, 0.2) is 72.1 Å². The van der Waals surface area contributed by atoms with Crippen molar-refractivity contribution in [1.29, 1.82) is 0 Å². The zero-order valence-electron chi connectivity index (χ0n) is 19.2. The van der Waals surface area contributed by atoms with E-state index in [4.69, 9.17) is 14.5 Å². The molecule has 36 heavy (non-hydrogen) atoms. The average Bonchev–Trinajstić information content (AvgIpc) is 3.35. The zero-order chi connectivity index (χ0) is 25.2. The second kappa shape index (κ2) is 9.71. The van der Waals surface area contributed by atoms with Gasteiger partial charge in [-0.15, -0.1) is 11.3 Å². The van der Waals surface area contributed by atoms with E-state index in [2.05, 4.69) is 10.3 Å². The van der Waals surface area contributed by atoms with Crippen molar-refractivity contribution < 1.29 is 23.0 Å². The Kier molecular flexibility index (Phi) is 6.30. The number of nitrogens with one attached hydrogen (secondary N) is 1. The highest BCUT2D eigenvalue weighted by molar-refractivity contribution is 7.14.